The largest absolute Gasteiger partial charge is 0.492 e. The Bertz CT molecular complexity index is 893. The van der Waals surface area contributed by atoms with Crippen molar-refractivity contribution in [3.63, 3.8) is 0 Å². The quantitative estimate of drug-likeness (QED) is 0.636. The van der Waals surface area contributed by atoms with E-state index in [1.807, 2.05) is 31.2 Å². The summed E-state index contributed by atoms with van der Waals surface area (Å²) in [6, 6.07) is 7.89. The van der Waals surface area contributed by atoms with Gasteiger partial charge in [0.25, 0.3) is 0 Å². The van der Waals surface area contributed by atoms with Crippen molar-refractivity contribution in [2.24, 2.45) is 0 Å². The van der Waals surface area contributed by atoms with Crippen LogP contribution in [0.15, 0.2) is 24.3 Å². The normalized spacial score (nSPS) is 13.8. The molecule has 1 aliphatic carbocycles. The van der Waals surface area contributed by atoms with Gasteiger partial charge in [0, 0.05) is 4.88 Å². The van der Waals surface area contributed by atoms with Crippen LogP contribution in [0.2, 0.25) is 5.28 Å². The number of benzene rings is 1. The van der Waals surface area contributed by atoms with Gasteiger partial charge in [0.15, 0.2) is 0 Å². The number of hydrogen-bond acceptors (Lipinski definition) is 5. The van der Waals surface area contributed by atoms with Gasteiger partial charge in [0.05, 0.1) is 17.7 Å². The summed E-state index contributed by atoms with van der Waals surface area (Å²) < 4.78 is 5.71. The van der Waals surface area contributed by atoms with Gasteiger partial charge in [-0.05, 0) is 61.9 Å². The first-order valence-electron chi connectivity index (χ1n) is 8.23. The van der Waals surface area contributed by atoms with Crippen LogP contribution in [0.5, 0.6) is 5.75 Å². The minimum Gasteiger partial charge on any atom is -0.492 e. The van der Waals surface area contributed by atoms with Crippen molar-refractivity contribution in [1.29, 1.82) is 0 Å². The summed E-state index contributed by atoms with van der Waals surface area (Å²) in [5, 5.41) is 4.82. The van der Waals surface area contributed by atoms with E-state index in [4.69, 9.17) is 16.3 Å². The zero-order chi connectivity index (χ0) is 16.5. The number of thiophene rings is 1. The molecule has 0 saturated heterocycles. The molecule has 0 aliphatic heterocycles. The molecule has 1 N–H and O–H groups in total. The molecule has 3 aromatic rings. The third kappa shape index (κ3) is 2.82. The van der Waals surface area contributed by atoms with Crippen molar-refractivity contribution in [2.45, 2.75) is 32.6 Å². The second-order valence-electron chi connectivity index (χ2n) is 5.79. The van der Waals surface area contributed by atoms with Gasteiger partial charge in [-0.1, -0.05) is 12.1 Å². The van der Waals surface area contributed by atoms with Crippen LogP contribution in [0.25, 0.3) is 10.2 Å². The molecule has 0 spiro atoms. The molecule has 1 aliphatic rings. The fourth-order valence-electron chi connectivity index (χ4n) is 3.20. The topological polar surface area (TPSA) is 47.0 Å². The Kier molecular flexibility index (Phi) is 4.29. The number of fused-ring (bicyclic) bond motifs is 3. The number of nitrogens with zero attached hydrogens (tertiary/aromatic N) is 2. The van der Waals surface area contributed by atoms with E-state index in [0.29, 0.717) is 6.61 Å². The van der Waals surface area contributed by atoms with Gasteiger partial charge in [-0.2, -0.15) is 4.98 Å². The number of anilines is 2. The zero-order valence-electron chi connectivity index (χ0n) is 13.4. The monoisotopic (exact) mass is 359 g/mol. The molecule has 24 heavy (non-hydrogen) atoms. The molecule has 0 unspecified atom stereocenters. The SMILES string of the molecule is CCOc1ccccc1Nc1nc(Cl)nc2sc3c(c12)CCCC3. The smallest absolute Gasteiger partial charge is 0.225 e. The highest BCUT2D eigenvalue weighted by molar-refractivity contribution is 7.19. The van der Waals surface area contributed by atoms with E-state index in [-0.39, 0.29) is 5.28 Å². The van der Waals surface area contributed by atoms with Crippen molar-refractivity contribution in [3.05, 3.63) is 40.0 Å². The van der Waals surface area contributed by atoms with E-state index in [1.54, 1.807) is 11.3 Å². The average molecular weight is 360 g/mol. The van der Waals surface area contributed by atoms with Gasteiger partial charge in [0.1, 0.15) is 16.4 Å². The molecular weight excluding hydrogens is 342 g/mol. The summed E-state index contributed by atoms with van der Waals surface area (Å²) in [5.74, 6) is 1.59. The summed E-state index contributed by atoms with van der Waals surface area (Å²) in [5.41, 5.74) is 2.28. The minimum atomic E-state index is 0.275. The zero-order valence-corrected chi connectivity index (χ0v) is 15.0. The van der Waals surface area contributed by atoms with E-state index in [0.717, 1.165) is 40.3 Å². The molecule has 2 aromatic heterocycles. The summed E-state index contributed by atoms with van der Waals surface area (Å²) in [4.78, 5) is 11.3. The van der Waals surface area contributed by atoms with Crippen molar-refractivity contribution >= 4 is 44.7 Å². The number of rotatable bonds is 4. The number of aryl methyl sites for hydroxylation is 2. The second-order valence-corrected chi connectivity index (χ2v) is 7.21. The average Bonchev–Trinajstić information content (AvgIpc) is 2.95. The molecule has 4 nitrogen and oxygen atoms in total. The molecule has 2 heterocycles. The Morgan fingerprint density at radius 1 is 1.21 bits per heavy atom. The molecule has 0 bridgehead atoms. The minimum absolute atomic E-state index is 0.275. The molecule has 0 atom stereocenters. The van der Waals surface area contributed by atoms with E-state index < -0.39 is 0 Å². The van der Waals surface area contributed by atoms with Gasteiger partial charge < -0.3 is 10.1 Å². The van der Waals surface area contributed by atoms with E-state index in [9.17, 15) is 0 Å². The van der Waals surface area contributed by atoms with Crippen LogP contribution in [0.1, 0.15) is 30.2 Å². The maximum atomic E-state index is 6.17. The first-order valence-corrected chi connectivity index (χ1v) is 9.42. The van der Waals surface area contributed by atoms with E-state index >= 15 is 0 Å². The lowest BCUT2D eigenvalue weighted by molar-refractivity contribution is 0.342. The standard InChI is InChI=1S/C18H18ClN3OS/c1-2-23-13-9-5-4-8-12(13)20-16-15-11-7-3-6-10-14(11)24-17(15)22-18(19)21-16/h4-5,8-9H,2-3,6-7,10H2,1H3,(H,20,21,22). The molecule has 6 heteroatoms. The highest BCUT2D eigenvalue weighted by atomic mass is 35.5. The van der Waals surface area contributed by atoms with Crippen LogP contribution in [-0.4, -0.2) is 16.6 Å². The predicted molar refractivity (Wildman–Crippen MR) is 100.0 cm³/mol. The van der Waals surface area contributed by atoms with E-state index in [1.165, 1.54) is 23.3 Å². The lowest BCUT2D eigenvalue weighted by atomic mass is 9.97. The lowest BCUT2D eigenvalue weighted by Crippen LogP contribution is -2.03. The Morgan fingerprint density at radius 3 is 2.92 bits per heavy atom. The van der Waals surface area contributed by atoms with Crippen LogP contribution >= 0.6 is 22.9 Å². The van der Waals surface area contributed by atoms with Crippen LogP contribution in [0, 0.1) is 0 Å². The molecule has 0 saturated carbocycles. The van der Waals surface area contributed by atoms with Crippen LogP contribution in [0.3, 0.4) is 0 Å². The van der Waals surface area contributed by atoms with Crippen LogP contribution in [0.4, 0.5) is 11.5 Å². The van der Waals surface area contributed by atoms with Crippen molar-refractivity contribution in [3.8, 4) is 5.75 Å². The highest BCUT2D eigenvalue weighted by Gasteiger charge is 2.21. The van der Waals surface area contributed by atoms with Gasteiger partial charge >= 0.3 is 0 Å². The fraction of sp³-hybridized carbons (Fsp3) is 0.333. The van der Waals surface area contributed by atoms with Crippen molar-refractivity contribution < 1.29 is 4.74 Å². The number of para-hydroxylation sites is 2. The third-order valence-electron chi connectivity index (χ3n) is 4.23. The first kappa shape index (κ1) is 15.7. The molecule has 124 valence electrons. The second kappa shape index (κ2) is 6.57. The number of nitrogens with one attached hydrogen (secondary N) is 1. The first-order chi connectivity index (χ1) is 11.8. The third-order valence-corrected chi connectivity index (χ3v) is 5.58. The maximum absolute atomic E-state index is 6.17. The Labute approximate surface area is 149 Å². The molecule has 0 amide bonds. The lowest BCUT2D eigenvalue weighted by Gasteiger charge is -2.14. The van der Waals surface area contributed by atoms with Gasteiger partial charge in [-0.25, -0.2) is 4.98 Å². The maximum Gasteiger partial charge on any atom is 0.225 e. The van der Waals surface area contributed by atoms with E-state index in [2.05, 4.69) is 15.3 Å². The molecule has 4 rings (SSSR count). The summed E-state index contributed by atoms with van der Waals surface area (Å²) >= 11 is 7.91. The van der Waals surface area contributed by atoms with Crippen LogP contribution < -0.4 is 10.1 Å². The van der Waals surface area contributed by atoms with Gasteiger partial charge in [-0.3, -0.25) is 0 Å². The van der Waals surface area contributed by atoms with Gasteiger partial charge in [-0.15, -0.1) is 11.3 Å². The Hall–Kier alpha value is -1.85. The Morgan fingerprint density at radius 2 is 2.04 bits per heavy atom. The summed E-state index contributed by atoms with van der Waals surface area (Å²) in [6.45, 7) is 2.60. The highest BCUT2D eigenvalue weighted by Crippen LogP contribution is 2.40. The molecule has 0 fully saturated rings. The Balaban J connectivity index is 1.83. The predicted octanol–water partition coefficient (Wildman–Crippen LogP) is 5.37. The van der Waals surface area contributed by atoms with Crippen molar-refractivity contribution in [1.82, 2.24) is 9.97 Å². The molecular formula is C18H18ClN3OS. The summed E-state index contributed by atoms with van der Waals surface area (Å²) in [7, 11) is 0. The number of hydrogen-bond donors (Lipinski definition) is 1. The summed E-state index contributed by atoms with van der Waals surface area (Å²) in [6.07, 6.45) is 4.68. The van der Waals surface area contributed by atoms with Gasteiger partial charge in [0.2, 0.25) is 5.28 Å². The number of ether oxygens (including phenoxy) is 1. The van der Waals surface area contributed by atoms with Crippen molar-refractivity contribution in [2.75, 3.05) is 11.9 Å². The molecule has 1 aromatic carbocycles. The van der Waals surface area contributed by atoms with Crippen LogP contribution in [-0.2, 0) is 12.8 Å². The number of halogens is 1. The molecule has 0 radical (unpaired) electrons. The fourth-order valence-corrected chi connectivity index (χ4v) is 4.68. The number of aromatic nitrogens is 2.